The normalized spacial score (nSPS) is 10.2. The Kier molecular flexibility index (Phi) is 6.08. The first-order valence-electron chi connectivity index (χ1n) is 5.76. The summed E-state index contributed by atoms with van der Waals surface area (Å²) in [6.07, 6.45) is 0. The van der Waals surface area contributed by atoms with Gasteiger partial charge in [0.1, 0.15) is 12.4 Å². The van der Waals surface area contributed by atoms with Gasteiger partial charge in [-0.3, -0.25) is 4.90 Å². The number of aliphatic hydroxyl groups excluding tert-OH is 1. The van der Waals surface area contributed by atoms with Crippen LogP contribution < -0.4 is 4.74 Å². The molecule has 0 saturated heterocycles. The van der Waals surface area contributed by atoms with E-state index in [1.54, 1.807) is 18.2 Å². The van der Waals surface area contributed by atoms with Gasteiger partial charge in [-0.1, -0.05) is 13.0 Å². The van der Waals surface area contributed by atoms with Crippen molar-refractivity contribution in [3.8, 4) is 11.8 Å². The van der Waals surface area contributed by atoms with Crippen molar-refractivity contribution in [2.24, 2.45) is 0 Å². The van der Waals surface area contributed by atoms with Crippen LogP contribution in [0.5, 0.6) is 5.75 Å². The highest BCUT2D eigenvalue weighted by Gasteiger charge is 2.01. The molecule has 0 aliphatic heterocycles. The molecule has 0 heterocycles. The van der Waals surface area contributed by atoms with E-state index in [2.05, 4.69) is 11.0 Å². The van der Waals surface area contributed by atoms with E-state index in [9.17, 15) is 0 Å². The van der Waals surface area contributed by atoms with Crippen molar-refractivity contribution in [1.29, 1.82) is 5.26 Å². The zero-order chi connectivity index (χ0) is 12.5. The van der Waals surface area contributed by atoms with Gasteiger partial charge in [-0.05, 0) is 24.7 Å². The number of hydrogen-bond donors (Lipinski definition) is 1. The quantitative estimate of drug-likeness (QED) is 0.771. The summed E-state index contributed by atoms with van der Waals surface area (Å²) in [5, 5.41) is 17.6. The van der Waals surface area contributed by atoms with Crippen LogP contribution in [0.25, 0.3) is 0 Å². The molecule has 0 radical (unpaired) electrons. The van der Waals surface area contributed by atoms with Crippen LogP contribution in [0.15, 0.2) is 24.3 Å². The van der Waals surface area contributed by atoms with Gasteiger partial charge in [-0.15, -0.1) is 0 Å². The Morgan fingerprint density at radius 3 is 2.88 bits per heavy atom. The maximum absolute atomic E-state index is 8.83. The number of rotatable bonds is 7. The third kappa shape index (κ3) is 4.85. The number of benzene rings is 1. The first-order valence-corrected chi connectivity index (χ1v) is 5.76. The van der Waals surface area contributed by atoms with Crippen molar-refractivity contribution in [2.75, 3.05) is 32.8 Å². The van der Waals surface area contributed by atoms with Gasteiger partial charge in [-0.2, -0.15) is 5.26 Å². The Bertz CT molecular complexity index is 374. The molecule has 0 spiro atoms. The highest BCUT2D eigenvalue weighted by atomic mass is 16.5. The fourth-order valence-corrected chi connectivity index (χ4v) is 1.52. The lowest BCUT2D eigenvalue weighted by Crippen LogP contribution is -2.30. The number of hydrogen-bond acceptors (Lipinski definition) is 4. The maximum Gasteiger partial charge on any atom is 0.120 e. The van der Waals surface area contributed by atoms with Gasteiger partial charge in [0.25, 0.3) is 0 Å². The van der Waals surface area contributed by atoms with E-state index in [0.29, 0.717) is 24.5 Å². The fourth-order valence-electron chi connectivity index (χ4n) is 1.52. The van der Waals surface area contributed by atoms with Crippen LogP contribution in [0.2, 0.25) is 0 Å². The molecule has 0 aliphatic carbocycles. The van der Waals surface area contributed by atoms with Gasteiger partial charge in [0, 0.05) is 13.1 Å². The predicted octanol–water partition coefficient (Wildman–Crippen LogP) is 1.25. The predicted molar refractivity (Wildman–Crippen MR) is 65.9 cm³/mol. The first-order chi connectivity index (χ1) is 8.30. The molecule has 1 N–H and O–H groups in total. The highest BCUT2D eigenvalue weighted by molar-refractivity contribution is 5.36. The van der Waals surface area contributed by atoms with Crippen LogP contribution in [-0.4, -0.2) is 42.9 Å². The molecule has 0 saturated carbocycles. The minimum Gasteiger partial charge on any atom is -0.492 e. The molecule has 0 aromatic heterocycles. The molecule has 0 aliphatic rings. The topological polar surface area (TPSA) is 56.5 Å². The molecule has 0 amide bonds. The smallest absolute Gasteiger partial charge is 0.120 e. The van der Waals surface area contributed by atoms with Gasteiger partial charge in [0.05, 0.1) is 18.2 Å². The summed E-state index contributed by atoms with van der Waals surface area (Å²) in [6, 6.07) is 9.19. The Morgan fingerprint density at radius 2 is 2.24 bits per heavy atom. The molecule has 1 aromatic rings. The van der Waals surface area contributed by atoms with Gasteiger partial charge in [-0.25, -0.2) is 0 Å². The lowest BCUT2D eigenvalue weighted by Gasteiger charge is -2.19. The van der Waals surface area contributed by atoms with Crippen molar-refractivity contribution in [1.82, 2.24) is 4.90 Å². The van der Waals surface area contributed by atoms with Crippen molar-refractivity contribution in [3.05, 3.63) is 29.8 Å². The zero-order valence-corrected chi connectivity index (χ0v) is 10.1. The number of aliphatic hydroxyl groups is 1. The third-order valence-corrected chi connectivity index (χ3v) is 2.50. The molecule has 4 heteroatoms. The van der Waals surface area contributed by atoms with E-state index >= 15 is 0 Å². The SMILES string of the molecule is CCN(CCO)CCOc1cccc(C#N)c1. The molecule has 1 rings (SSSR count). The summed E-state index contributed by atoms with van der Waals surface area (Å²) in [5.74, 6) is 0.712. The van der Waals surface area contributed by atoms with E-state index in [1.165, 1.54) is 0 Å². The fraction of sp³-hybridized carbons (Fsp3) is 0.462. The number of nitrogens with zero attached hydrogens (tertiary/aromatic N) is 2. The average molecular weight is 234 g/mol. The summed E-state index contributed by atoms with van der Waals surface area (Å²) >= 11 is 0. The standard InChI is InChI=1S/C13H18N2O2/c1-2-15(6-8-16)7-9-17-13-5-3-4-12(10-13)11-14/h3-5,10,16H,2,6-9H2,1H3. The lowest BCUT2D eigenvalue weighted by atomic mass is 10.2. The van der Waals surface area contributed by atoms with Crippen molar-refractivity contribution in [3.63, 3.8) is 0 Å². The van der Waals surface area contributed by atoms with Gasteiger partial charge in [0.2, 0.25) is 0 Å². The third-order valence-electron chi connectivity index (χ3n) is 2.50. The van der Waals surface area contributed by atoms with Gasteiger partial charge in [0.15, 0.2) is 0 Å². The van der Waals surface area contributed by atoms with Gasteiger partial charge >= 0.3 is 0 Å². The second-order valence-electron chi connectivity index (χ2n) is 3.65. The van der Waals surface area contributed by atoms with E-state index in [4.69, 9.17) is 15.1 Å². The highest BCUT2D eigenvalue weighted by Crippen LogP contribution is 2.12. The number of likely N-dealkylation sites (N-methyl/N-ethyl adjacent to an activating group) is 1. The average Bonchev–Trinajstić information content (AvgIpc) is 2.38. The molecule has 4 nitrogen and oxygen atoms in total. The lowest BCUT2D eigenvalue weighted by molar-refractivity contribution is 0.174. The Morgan fingerprint density at radius 1 is 1.41 bits per heavy atom. The second-order valence-corrected chi connectivity index (χ2v) is 3.65. The van der Waals surface area contributed by atoms with E-state index in [0.717, 1.165) is 13.1 Å². The first kappa shape index (κ1) is 13.5. The maximum atomic E-state index is 8.83. The second kappa shape index (κ2) is 7.66. The minimum absolute atomic E-state index is 0.164. The Balaban J connectivity index is 2.37. The molecule has 0 fully saturated rings. The summed E-state index contributed by atoms with van der Waals surface area (Å²) < 4.78 is 5.55. The van der Waals surface area contributed by atoms with Crippen molar-refractivity contribution in [2.45, 2.75) is 6.92 Å². The zero-order valence-electron chi connectivity index (χ0n) is 10.1. The van der Waals surface area contributed by atoms with Crippen LogP contribution in [0.4, 0.5) is 0 Å². The molecular formula is C13H18N2O2. The molecule has 0 atom stereocenters. The molecule has 1 aromatic carbocycles. The van der Waals surface area contributed by atoms with Crippen molar-refractivity contribution >= 4 is 0 Å². The Hall–Kier alpha value is -1.57. The molecule has 0 bridgehead atoms. The molecule has 0 unspecified atom stereocenters. The molecule has 92 valence electrons. The summed E-state index contributed by atoms with van der Waals surface area (Å²) in [5.41, 5.74) is 0.602. The number of ether oxygens (including phenoxy) is 1. The van der Waals surface area contributed by atoms with E-state index < -0.39 is 0 Å². The summed E-state index contributed by atoms with van der Waals surface area (Å²) in [6.45, 7) is 5.10. The van der Waals surface area contributed by atoms with E-state index in [1.807, 2.05) is 13.0 Å². The minimum atomic E-state index is 0.164. The Labute approximate surface area is 102 Å². The molecular weight excluding hydrogens is 216 g/mol. The van der Waals surface area contributed by atoms with Crippen LogP contribution in [0.3, 0.4) is 0 Å². The summed E-state index contributed by atoms with van der Waals surface area (Å²) in [4.78, 5) is 2.11. The monoisotopic (exact) mass is 234 g/mol. The van der Waals surface area contributed by atoms with Crippen LogP contribution in [-0.2, 0) is 0 Å². The number of nitriles is 1. The van der Waals surface area contributed by atoms with Crippen LogP contribution in [0, 0.1) is 11.3 Å². The largest absolute Gasteiger partial charge is 0.492 e. The van der Waals surface area contributed by atoms with Crippen molar-refractivity contribution < 1.29 is 9.84 Å². The van der Waals surface area contributed by atoms with E-state index in [-0.39, 0.29) is 6.61 Å². The molecule has 17 heavy (non-hydrogen) atoms. The summed E-state index contributed by atoms with van der Waals surface area (Å²) in [7, 11) is 0. The van der Waals surface area contributed by atoms with Gasteiger partial charge < -0.3 is 9.84 Å². The van der Waals surface area contributed by atoms with Crippen LogP contribution in [0.1, 0.15) is 12.5 Å². The van der Waals surface area contributed by atoms with Crippen LogP contribution >= 0.6 is 0 Å².